The summed E-state index contributed by atoms with van der Waals surface area (Å²) in [6.07, 6.45) is 2.74. The van der Waals surface area contributed by atoms with E-state index in [0.29, 0.717) is 22.9 Å². The number of Topliss-reactive ketones (excluding diaryl/α,β-unsaturated/α-hetero) is 1. The first-order valence-corrected chi connectivity index (χ1v) is 10.0. The molecule has 1 fully saturated rings. The van der Waals surface area contributed by atoms with Crippen molar-refractivity contribution in [2.45, 2.75) is 32.2 Å². The fourth-order valence-corrected chi connectivity index (χ4v) is 3.66. The summed E-state index contributed by atoms with van der Waals surface area (Å²) in [4.78, 5) is 27.2. The molecule has 0 bridgehead atoms. The number of nitrogens with zero attached hydrogens (tertiary/aromatic N) is 1. The van der Waals surface area contributed by atoms with Gasteiger partial charge in [0.15, 0.2) is 0 Å². The first-order valence-electron chi connectivity index (χ1n) is 9.66. The van der Waals surface area contributed by atoms with E-state index in [4.69, 9.17) is 16.3 Å². The van der Waals surface area contributed by atoms with E-state index >= 15 is 0 Å². The van der Waals surface area contributed by atoms with E-state index in [1.54, 1.807) is 60.5 Å². The average molecular weight is 414 g/mol. The smallest absolute Gasteiger partial charge is 0.295 e. The second kappa shape index (κ2) is 9.14. The molecule has 152 valence electrons. The molecule has 1 amide bonds. The van der Waals surface area contributed by atoms with Gasteiger partial charge < -0.3 is 14.7 Å². The molecule has 1 unspecified atom stereocenters. The molecule has 0 aliphatic carbocycles. The summed E-state index contributed by atoms with van der Waals surface area (Å²) in [7, 11) is 1.55. The molecule has 2 aromatic rings. The fourth-order valence-electron chi connectivity index (χ4n) is 3.54. The number of rotatable bonds is 7. The van der Waals surface area contributed by atoms with Crippen LogP contribution in [0.4, 0.5) is 0 Å². The van der Waals surface area contributed by atoms with E-state index in [9.17, 15) is 14.7 Å². The fraction of sp³-hybridized carbons (Fsp3) is 0.304. The van der Waals surface area contributed by atoms with Crippen molar-refractivity contribution in [1.82, 2.24) is 4.90 Å². The number of amides is 1. The number of unbranched alkanes of at least 4 members (excludes halogenated alkanes) is 2. The van der Waals surface area contributed by atoms with Crippen molar-refractivity contribution in [2.24, 2.45) is 0 Å². The van der Waals surface area contributed by atoms with Gasteiger partial charge in [0.25, 0.3) is 11.7 Å². The van der Waals surface area contributed by atoms with E-state index < -0.39 is 17.7 Å². The van der Waals surface area contributed by atoms with Crippen LogP contribution in [0.5, 0.6) is 5.75 Å². The summed E-state index contributed by atoms with van der Waals surface area (Å²) < 4.78 is 5.15. The van der Waals surface area contributed by atoms with Crippen LogP contribution in [0.25, 0.3) is 5.76 Å². The van der Waals surface area contributed by atoms with Crippen LogP contribution in [0.1, 0.15) is 43.4 Å². The highest BCUT2D eigenvalue weighted by atomic mass is 35.5. The Hall–Kier alpha value is -2.79. The normalized spacial score (nSPS) is 18.3. The highest BCUT2D eigenvalue weighted by Gasteiger charge is 2.45. The summed E-state index contributed by atoms with van der Waals surface area (Å²) in [5.41, 5.74) is 1.29. The molecule has 0 spiro atoms. The first-order chi connectivity index (χ1) is 14.0. The summed E-state index contributed by atoms with van der Waals surface area (Å²) in [5, 5.41) is 11.5. The van der Waals surface area contributed by atoms with Crippen LogP contribution in [-0.2, 0) is 9.59 Å². The van der Waals surface area contributed by atoms with Crippen molar-refractivity contribution >= 4 is 29.1 Å². The SMILES string of the molecule is CCCCCN1C(=O)C(=O)/C(=C(\O)c2ccc(OC)cc2)C1c1ccc(Cl)cc1. The van der Waals surface area contributed by atoms with Gasteiger partial charge in [-0.05, 0) is 48.4 Å². The number of ether oxygens (including phenoxy) is 1. The standard InChI is InChI=1S/C23H24ClNO4/c1-3-4-5-14-25-20(15-6-10-17(24)11-7-15)19(22(27)23(25)28)21(26)16-8-12-18(29-2)13-9-16/h6-13,20,26H,3-5,14H2,1-2H3/b21-19-. The average Bonchev–Trinajstić information content (AvgIpc) is 2.99. The Morgan fingerprint density at radius 1 is 1.07 bits per heavy atom. The third-order valence-corrected chi connectivity index (χ3v) is 5.34. The number of aliphatic hydroxyl groups excluding tert-OH is 1. The highest BCUT2D eigenvalue weighted by Crippen LogP contribution is 2.40. The van der Waals surface area contributed by atoms with Crippen LogP contribution in [-0.4, -0.2) is 35.4 Å². The lowest BCUT2D eigenvalue weighted by atomic mass is 9.95. The van der Waals surface area contributed by atoms with E-state index in [0.717, 1.165) is 24.8 Å². The molecule has 3 rings (SSSR count). The number of likely N-dealkylation sites (tertiary alicyclic amines) is 1. The van der Waals surface area contributed by atoms with Crippen molar-refractivity contribution in [3.63, 3.8) is 0 Å². The zero-order chi connectivity index (χ0) is 21.0. The molecule has 29 heavy (non-hydrogen) atoms. The van der Waals surface area contributed by atoms with Gasteiger partial charge in [-0.15, -0.1) is 0 Å². The Morgan fingerprint density at radius 3 is 2.31 bits per heavy atom. The molecular formula is C23H24ClNO4. The Balaban J connectivity index is 2.09. The second-order valence-corrected chi connectivity index (χ2v) is 7.42. The molecule has 0 radical (unpaired) electrons. The predicted molar refractivity (Wildman–Crippen MR) is 113 cm³/mol. The number of benzene rings is 2. The minimum atomic E-state index is -0.672. The second-order valence-electron chi connectivity index (χ2n) is 6.98. The Morgan fingerprint density at radius 2 is 1.72 bits per heavy atom. The largest absolute Gasteiger partial charge is 0.507 e. The van der Waals surface area contributed by atoms with Crippen LogP contribution in [0.15, 0.2) is 54.1 Å². The molecule has 5 nitrogen and oxygen atoms in total. The predicted octanol–water partition coefficient (Wildman–Crippen LogP) is 4.96. The molecule has 0 aromatic heterocycles. The Kier molecular flexibility index (Phi) is 6.60. The maximum atomic E-state index is 12.9. The van der Waals surface area contributed by atoms with Gasteiger partial charge >= 0.3 is 0 Å². The zero-order valence-electron chi connectivity index (χ0n) is 16.5. The first kappa shape index (κ1) is 20.9. The minimum absolute atomic E-state index is 0.0963. The lowest BCUT2D eigenvalue weighted by Gasteiger charge is -2.25. The van der Waals surface area contributed by atoms with Gasteiger partial charge in [-0.25, -0.2) is 0 Å². The summed E-state index contributed by atoms with van der Waals surface area (Å²) in [6, 6.07) is 13.1. The van der Waals surface area contributed by atoms with Crippen LogP contribution < -0.4 is 4.74 Å². The van der Waals surface area contributed by atoms with Crippen molar-refractivity contribution < 1.29 is 19.4 Å². The molecule has 1 N–H and O–H groups in total. The van der Waals surface area contributed by atoms with Crippen LogP contribution in [0.3, 0.4) is 0 Å². The molecule has 1 atom stereocenters. The van der Waals surface area contributed by atoms with E-state index in [1.807, 2.05) is 0 Å². The minimum Gasteiger partial charge on any atom is -0.507 e. The number of methoxy groups -OCH3 is 1. The van der Waals surface area contributed by atoms with Gasteiger partial charge in [-0.2, -0.15) is 0 Å². The van der Waals surface area contributed by atoms with Crippen molar-refractivity contribution in [3.8, 4) is 5.75 Å². The maximum Gasteiger partial charge on any atom is 0.295 e. The van der Waals surface area contributed by atoms with Gasteiger partial charge in [0.05, 0.1) is 18.7 Å². The van der Waals surface area contributed by atoms with E-state index in [-0.39, 0.29) is 11.3 Å². The third-order valence-electron chi connectivity index (χ3n) is 5.09. The van der Waals surface area contributed by atoms with Crippen molar-refractivity contribution in [2.75, 3.05) is 13.7 Å². The molecule has 1 aliphatic heterocycles. The van der Waals surface area contributed by atoms with Gasteiger partial charge in [0.2, 0.25) is 0 Å². The highest BCUT2D eigenvalue weighted by molar-refractivity contribution is 6.46. The Labute approximate surface area is 175 Å². The quantitative estimate of drug-likeness (QED) is 0.301. The number of halogens is 1. The topological polar surface area (TPSA) is 66.8 Å². The molecule has 2 aromatic carbocycles. The lowest BCUT2D eigenvalue weighted by molar-refractivity contribution is -0.139. The summed E-state index contributed by atoms with van der Waals surface area (Å²) >= 11 is 6.02. The number of hydrogen-bond acceptors (Lipinski definition) is 4. The van der Waals surface area contributed by atoms with Crippen LogP contribution in [0, 0.1) is 0 Å². The number of aliphatic hydroxyl groups is 1. The number of carbonyl (C=O) groups excluding carboxylic acids is 2. The van der Waals surface area contributed by atoms with E-state index in [2.05, 4.69) is 6.92 Å². The number of ketones is 1. The van der Waals surface area contributed by atoms with Gasteiger partial charge in [0, 0.05) is 17.1 Å². The van der Waals surface area contributed by atoms with Gasteiger partial charge in [-0.3, -0.25) is 9.59 Å². The molecule has 1 heterocycles. The van der Waals surface area contributed by atoms with Crippen molar-refractivity contribution in [1.29, 1.82) is 0 Å². The monoisotopic (exact) mass is 413 g/mol. The molecule has 1 saturated heterocycles. The maximum absolute atomic E-state index is 12.9. The van der Waals surface area contributed by atoms with Gasteiger partial charge in [0.1, 0.15) is 11.5 Å². The summed E-state index contributed by atoms with van der Waals surface area (Å²) in [6.45, 7) is 2.53. The molecule has 6 heteroatoms. The van der Waals surface area contributed by atoms with Crippen LogP contribution >= 0.6 is 11.6 Å². The lowest BCUT2D eigenvalue weighted by Crippen LogP contribution is -2.30. The van der Waals surface area contributed by atoms with Crippen LogP contribution in [0.2, 0.25) is 5.02 Å². The number of carbonyl (C=O) groups is 2. The Bertz CT molecular complexity index is 919. The van der Waals surface area contributed by atoms with E-state index in [1.165, 1.54) is 0 Å². The zero-order valence-corrected chi connectivity index (χ0v) is 17.3. The van der Waals surface area contributed by atoms with Crippen molar-refractivity contribution in [3.05, 3.63) is 70.3 Å². The molecule has 1 aliphatic rings. The molecule has 0 saturated carbocycles. The number of hydrogen-bond donors (Lipinski definition) is 1. The molecular weight excluding hydrogens is 390 g/mol. The summed E-state index contributed by atoms with van der Waals surface area (Å²) in [5.74, 6) is -0.814. The third kappa shape index (κ3) is 4.30. The van der Waals surface area contributed by atoms with Gasteiger partial charge in [-0.1, -0.05) is 43.5 Å².